The van der Waals surface area contributed by atoms with Crippen LogP contribution in [0.3, 0.4) is 0 Å². The predicted octanol–water partition coefficient (Wildman–Crippen LogP) is 14.3. The summed E-state index contributed by atoms with van der Waals surface area (Å²) in [5.74, 6) is -1.58. The monoisotopic (exact) mass is 1100 g/mol. The van der Waals surface area contributed by atoms with E-state index in [2.05, 4.69) is 16.0 Å². The molecular weight excluding hydrogens is 1040 g/mol. The number of benzene rings is 4. The minimum absolute atomic E-state index is 0.0115. The topological polar surface area (TPSA) is 134 Å². The fraction of sp³-hybridized carbons (Fsp3) is 0.400. The molecule has 2 atom stereocenters. The Kier molecular flexibility index (Phi) is 19.8. The number of nitrogens with zero attached hydrogens (tertiary/aromatic N) is 1. The Labute approximate surface area is 436 Å². The van der Waals surface area contributed by atoms with E-state index < -0.39 is 94.3 Å². The Balaban J connectivity index is 0.000000289. The maximum absolute atomic E-state index is 13.2. The van der Waals surface area contributed by atoms with Gasteiger partial charge in [0.15, 0.2) is 11.6 Å². The van der Waals surface area contributed by atoms with Crippen LogP contribution in [0.4, 0.5) is 68.9 Å². The van der Waals surface area contributed by atoms with Crippen molar-refractivity contribution in [3.8, 4) is 0 Å². The van der Waals surface area contributed by atoms with Crippen LogP contribution in [0.25, 0.3) is 12.2 Å². The van der Waals surface area contributed by atoms with Crippen LogP contribution in [0, 0.1) is 0 Å². The summed E-state index contributed by atoms with van der Waals surface area (Å²) in [6.07, 6.45) is -11.4. The van der Waals surface area contributed by atoms with Gasteiger partial charge in [-0.25, -0.2) is 4.79 Å². The first-order valence-corrected chi connectivity index (χ1v) is 24.3. The normalized spacial score (nSPS) is 15.6. The lowest BCUT2D eigenvalue weighted by atomic mass is 10.0. The van der Waals surface area contributed by atoms with E-state index in [4.69, 9.17) is 4.74 Å². The summed E-state index contributed by atoms with van der Waals surface area (Å²) < 4.78 is 163. The molecule has 0 saturated carbocycles. The summed E-state index contributed by atoms with van der Waals surface area (Å²) in [5, 5.41) is 7.45. The third kappa shape index (κ3) is 18.1. The SMILES string of the molecule is CCC(=O)/C=C/c1ccc2c(c1)CCC2N(CCC(=O)Nc1cc(C(F)(F)F)cc(C(F)(F)F)c1)C(=O)OC(C)(C)C.CCC(=O)/C=C/c1ccc2c(c1)CCC2NCCC(=O)Nc1cc(C(F)(F)F)cc(C(F)(F)F)c1. The fourth-order valence-corrected chi connectivity index (χ4v) is 8.39. The molecule has 0 fully saturated rings. The predicted molar refractivity (Wildman–Crippen MR) is 264 cm³/mol. The van der Waals surface area contributed by atoms with Crippen molar-refractivity contribution < 1.29 is 81.4 Å². The van der Waals surface area contributed by atoms with Crippen LogP contribution >= 0.6 is 0 Å². The van der Waals surface area contributed by atoms with Crippen LogP contribution in [-0.4, -0.2) is 53.1 Å². The van der Waals surface area contributed by atoms with Gasteiger partial charge in [0.1, 0.15) is 5.60 Å². The van der Waals surface area contributed by atoms with Gasteiger partial charge in [-0.3, -0.25) is 19.2 Å². The quantitative estimate of drug-likeness (QED) is 0.0751. The highest BCUT2D eigenvalue weighted by molar-refractivity contribution is 5.94. The number of aryl methyl sites for hydroxylation is 2. The molecule has 3 amide bonds. The third-order valence-corrected chi connectivity index (χ3v) is 12.1. The maximum Gasteiger partial charge on any atom is 0.416 e. The zero-order chi connectivity index (χ0) is 57.3. The van der Waals surface area contributed by atoms with Gasteiger partial charge < -0.3 is 25.6 Å². The van der Waals surface area contributed by atoms with E-state index in [0.717, 1.165) is 46.2 Å². The van der Waals surface area contributed by atoms with E-state index >= 15 is 0 Å². The standard InChI is InChI=1S/C30H32F6N2O4.C25H24F6N2O2/c1-5-23(39)9-6-18-7-10-24-19(14-18)8-11-25(24)38(27(41)42-28(2,3)4)13-12-26(40)37-22-16-20(29(31,32)33)15-21(17-22)30(34,35)36;1-2-20(34)6-3-15-4-7-21-16(11-15)5-8-22(21)32-10-9-23(35)33-19-13-17(24(26,27)28)12-18(14-19)25(29,30)31/h6-7,9-10,14-17,25H,5,8,11-13H2,1-4H3,(H,37,40);3-4,6-7,11-14,22,32H,2,5,8-10H2,1H3,(H,33,35)/b9-6+;6-3+. The lowest BCUT2D eigenvalue weighted by Gasteiger charge is -2.32. The molecule has 0 aliphatic heterocycles. The molecule has 2 aliphatic rings. The van der Waals surface area contributed by atoms with Crippen LogP contribution in [0.1, 0.15) is 141 Å². The molecule has 2 unspecified atom stereocenters. The lowest BCUT2D eigenvalue weighted by molar-refractivity contribution is -0.144. The van der Waals surface area contributed by atoms with Crippen molar-refractivity contribution in [3.05, 3.63) is 141 Å². The highest BCUT2D eigenvalue weighted by Crippen LogP contribution is 2.41. The number of carbonyl (C=O) groups excluding carboxylic acids is 5. The van der Waals surface area contributed by atoms with Gasteiger partial charge in [-0.2, -0.15) is 52.7 Å². The van der Waals surface area contributed by atoms with Gasteiger partial charge in [-0.05, 0) is 128 Å². The second-order valence-corrected chi connectivity index (χ2v) is 19.2. The molecular formula is C55H56F12N4O6. The first-order valence-electron chi connectivity index (χ1n) is 24.3. The van der Waals surface area contributed by atoms with Crippen molar-refractivity contribution in [1.82, 2.24) is 10.2 Å². The molecule has 0 heterocycles. The Morgan fingerprint density at radius 2 is 0.987 bits per heavy atom. The van der Waals surface area contributed by atoms with Gasteiger partial charge in [-0.1, -0.05) is 62.4 Å². The van der Waals surface area contributed by atoms with Gasteiger partial charge in [0.25, 0.3) is 0 Å². The molecule has 4 aromatic carbocycles. The number of fused-ring (bicyclic) bond motifs is 2. The van der Waals surface area contributed by atoms with E-state index in [1.54, 1.807) is 52.8 Å². The van der Waals surface area contributed by atoms with E-state index in [0.29, 0.717) is 49.9 Å². The van der Waals surface area contributed by atoms with Crippen LogP contribution in [0.5, 0.6) is 0 Å². The van der Waals surface area contributed by atoms with E-state index in [9.17, 15) is 76.7 Å². The number of hydrogen-bond donors (Lipinski definition) is 3. The van der Waals surface area contributed by atoms with Gasteiger partial charge in [0.05, 0.1) is 28.3 Å². The van der Waals surface area contributed by atoms with Crippen molar-refractivity contribution in [1.29, 1.82) is 0 Å². The Morgan fingerprint density at radius 1 is 0.571 bits per heavy atom. The summed E-state index contributed by atoms with van der Waals surface area (Å²) in [6.45, 7) is 8.52. The molecule has 2 aliphatic carbocycles. The first-order chi connectivity index (χ1) is 35.7. The van der Waals surface area contributed by atoms with E-state index in [1.807, 2.05) is 30.3 Å². The number of halogens is 12. The number of anilines is 2. The molecule has 22 heteroatoms. The van der Waals surface area contributed by atoms with Gasteiger partial charge in [0, 0.05) is 56.2 Å². The zero-order valence-corrected chi connectivity index (χ0v) is 42.4. The summed E-state index contributed by atoms with van der Waals surface area (Å²) in [4.78, 5) is 62.5. The summed E-state index contributed by atoms with van der Waals surface area (Å²) in [7, 11) is 0. The Hall–Kier alpha value is -6.97. The summed E-state index contributed by atoms with van der Waals surface area (Å²) in [5.41, 5.74) is -2.57. The average molecular weight is 1100 g/mol. The molecule has 6 rings (SSSR count). The average Bonchev–Trinajstić information content (AvgIpc) is 3.94. The number of ether oxygens (including phenoxy) is 1. The molecule has 0 saturated heterocycles. The molecule has 0 spiro atoms. The molecule has 4 aromatic rings. The van der Waals surface area contributed by atoms with Crippen LogP contribution in [0.2, 0.25) is 0 Å². The Bertz CT molecular complexity index is 2800. The zero-order valence-electron chi connectivity index (χ0n) is 42.4. The number of hydrogen-bond acceptors (Lipinski definition) is 7. The molecule has 77 heavy (non-hydrogen) atoms. The van der Waals surface area contributed by atoms with Gasteiger partial charge in [0.2, 0.25) is 11.8 Å². The highest BCUT2D eigenvalue weighted by Gasteiger charge is 2.39. The second kappa shape index (κ2) is 25.0. The second-order valence-electron chi connectivity index (χ2n) is 19.2. The van der Waals surface area contributed by atoms with Crippen molar-refractivity contribution in [3.63, 3.8) is 0 Å². The number of alkyl halides is 12. The van der Waals surface area contributed by atoms with E-state index in [-0.39, 0.29) is 49.3 Å². The molecule has 416 valence electrons. The maximum atomic E-state index is 13.2. The summed E-state index contributed by atoms with van der Waals surface area (Å²) >= 11 is 0. The van der Waals surface area contributed by atoms with Crippen LogP contribution in [-0.2, 0) is 61.5 Å². The van der Waals surface area contributed by atoms with Gasteiger partial charge >= 0.3 is 30.8 Å². The number of amides is 3. The number of ketones is 2. The van der Waals surface area contributed by atoms with Crippen LogP contribution in [0.15, 0.2) is 84.9 Å². The number of allylic oxidation sites excluding steroid dienone is 2. The molecule has 0 radical (unpaired) electrons. The lowest BCUT2D eigenvalue weighted by Crippen LogP contribution is -2.40. The smallest absolute Gasteiger partial charge is 0.416 e. The minimum Gasteiger partial charge on any atom is -0.444 e. The van der Waals surface area contributed by atoms with Crippen molar-refractivity contribution >= 4 is 53.0 Å². The molecule has 0 bridgehead atoms. The van der Waals surface area contributed by atoms with Crippen LogP contribution < -0.4 is 16.0 Å². The number of rotatable bonds is 16. The molecule has 0 aromatic heterocycles. The van der Waals surface area contributed by atoms with Crippen molar-refractivity contribution in [2.75, 3.05) is 23.7 Å². The highest BCUT2D eigenvalue weighted by atomic mass is 19.4. The Morgan fingerprint density at radius 3 is 1.42 bits per heavy atom. The largest absolute Gasteiger partial charge is 0.444 e. The van der Waals surface area contributed by atoms with Crippen molar-refractivity contribution in [2.24, 2.45) is 0 Å². The van der Waals surface area contributed by atoms with Gasteiger partial charge in [-0.15, -0.1) is 0 Å². The third-order valence-electron chi connectivity index (χ3n) is 12.1. The van der Waals surface area contributed by atoms with E-state index in [1.165, 1.54) is 17.1 Å². The molecule has 3 N–H and O–H groups in total. The minimum atomic E-state index is -5.06. The fourth-order valence-electron chi connectivity index (χ4n) is 8.39. The van der Waals surface area contributed by atoms with Crippen molar-refractivity contribution in [2.45, 2.75) is 128 Å². The summed E-state index contributed by atoms with van der Waals surface area (Å²) in [6, 6.07) is 12.6. The number of nitrogens with one attached hydrogen (secondary N) is 3. The number of carbonyl (C=O) groups is 5. The molecule has 10 nitrogen and oxygen atoms in total. The first kappa shape index (κ1) is 60.9.